The molecule has 2 rings (SSSR count). The predicted molar refractivity (Wildman–Crippen MR) is 68.6 cm³/mol. The Morgan fingerprint density at radius 1 is 1.53 bits per heavy atom. The SMILES string of the molecule is CC1SCCSC1C(N)Cc1ccco1. The Morgan fingerprint density at radius 3 is 3.00 bits per heavy atom. The van der Waals surface area contributed by atoms with Crippen molar-refractivity contribution in [3.63, 3.8) is 0 Å². The summed E-state index contributed by atoms with van der Waals surface area (Å²) in [5.74, 6) is 3.49. The van der Waals surface area contributed by atoms with Crippen LogP contribution in [0, 0.1) is 0 Å². The summed E-state index contributed by atoms with van der Waals surface area (Å²) in [6.45, 7) is 2.28. The Balaban J connectivity index is 1.91. The normalized spacial score (nSPS) is 28.9. The van der Waals surface area contributed by atoms with Crippen LogP contribution in [0.5, 0.6) is 0 Å². The van der Waals surface area contributed by atoms with Gasteiger partial charge in [0.15, 0.2) is 0 Å². The van der Waals surface area contributed by atoms with E-state index in [-0.39, 0.29) is 6.04 Å². The fraction of sp³-hybridized carbons (Fsp3) is 0.636. The van der Waals surface area contributed by atoms with Crippen LogP contribution in [-0.4, -0.2) is 28.0 Å². The molecule has 1 fully saturated rings. The number of hydrogen-bond donors (Lipinski definition) is 1. The Labute approximate surface area is 99.4 Å². The molecule has 3 unspecified atom stereocenters. The van der Waals surface area contributed by atoms with E-state index in [1.165, 1.54) is 11.5 Å². The number of thioether (sulfide) groups is 2. The molecule has 15 heavy (non-hydrogen) atoms. The molecule has 84 valence electrons. The molecule has 3 atom stereocenters. The van der Waals surface area contributed by atoms with Crippen molar-refractivity contribution < 1.29 is 4.42 Å². The maximum atomic E-state index is 6.24. The van der Waals surface area contributed by atoms with E-state index in [2.05, 4.69) is 6.92 Å². The lowest BCUT2D eigenvalue weighted by Crippen LogP contribution is -2.42. The van der Waals surface area contributed by atoms with Crippen LogP contribution >= 0.6 is 23.5 Å². The topological polar surface area (TPSA) is 39.2 Å². The van der Waals surface area contributed by atoms with Gasteiger partial charge in [-0.1, -0.05) is 6.92 Å². The molecule has 2 nitrogen and oxygen atoms in total. The number of hydrogen-bond acceptors (Lipinski definition) is 4. The van der Waals surface area contributed by atoms with E-state index in [0.717, 1.165) is 12.2 Å². The van der Waals surface area contributed by atoms with Crippen LogP contribution in [0.1, 0.15) is 12.7 Å². The molecule has 2 heterocycles. The molecule has 4 heteroatoms. The van der Waals surface area contributed by atoms with E-state index in [0.29, 0.717) is 10.5 Å². The van der Waals surface area contributed by atoms with Crippen molar-refractivity contribution in [3.05, 3.63) is 24.2 Å². The molecule has 1 aromatic heterocycles. The lowest BCUT2D eigenvalue weighted by atomic mass is 10.1. The lowest BCUT2D eigenvalue weighted by Gasteiger charge is -2.32. The lowest BCUT2D eigenvalue weighted by molar-refractivity contribution is 0.477. The fourth-order valence-corrected chi connectivity index (χ4v) is 4.79. The van der Waals surface area contributed by atoms with E-state index in [1.54, 1.807) is 6.26 Å². The van der Waals surface area contributed by atoms with Gasteiger partial charge >= 0.3 is 0 Å². The first kappa shape index (κ1) is 11.4. The van der Waals surface area contributed by atoms with Gasteiger partial charge in [0.1, 0.15) is 5.76 Å². The third-order valence-electron chi connectivity index (χ3n) is 2.68. The van der Waals surface area contributed by atoms with Crippen LogP contribution in [0.25, 0.3) is 0 Å². The third-order valence-corrected chi connectivity index (χ3v) is 5.95. The Hall–Kier alpha value is -0.0600. The molecule has 0 spiro atoms. The van der Waals surface area contributed by atoms with Crippen molar-refractivity contribution in [3.8, 4) is 0 Å². The largest absolute Gasteiger partial charge is 0.469 e. The molecular weight excluding hydrogens is 226 g/mol. The van der Waals surface area contributed by atoms with Crippen LogP contribution in [0.4, 0.5) is 0 Å². The first-order chi connectivity index (χ1) is 7.27. The highest BCUT2D eigenvalue weighted by Crippen LogP contribution is 2.33. The van der Waals surface area contributed by atoms with Crippen LogP contribution in [0.15, 0.2) is 22.8 Å². The van der Waals surface area contributed by atoms with Gasteiger partial charge in [0.25, 0.3) is 0 Å². The van der Waals surface area contributed by atoms with Crippen molar-refractivity contribution in [1.82, 2.24) is 0 Å². The van der Waals surface area contributed by atoms with Gasteiger partial charge in [-0.2, -0.15) is 23.5 Å². The second kappa shape index (κ2) is 5.32. The number of nitrogens with two attached hydrogens (primary N) is 1. The molecule has 0 aromatic carbocycles. The Kier molecular flexibility index (Phi) is 4.05. The highest BCUT2D eigenvalue weighted by atomic mass is 32.2. The van der Waals surface area contributed by atoms with Crippen molar-refractivity contribution in [2.24, 2.45) is 5.73 Å². The molecule has 1 aliphatic rings. The minimum atomic E-state index is 0.212. The van der Waals surface area contributed by atoms with Gasteiger partial charge in [0, 0.05) is 34.5 Å². The van der Waals surface area contributed by atoms with Gasteiger partial charge in [0.2, 0.25) is 0 Å². The van der Waals surface area contributed by atoms with Gasteiger partial charge in [-0.15, -0.1) is 0 Å². The summed E-state index contributed by atoms with van der Waals surface area (Å²) >= 11 is 4.05. The monoisotopic (exact) mass is 243 g/mol. The zero-order chi connectivity index (χ0) is 10.7. The summed E-state index contributed by atoms with van der Waals surface area (Å²) in [5, 5.41) is 1.22. The minimum absolute atomic E-state index is 0.212. The summed E-state index contributed by atoms with van der Waals surface area (Å²) in [6.07, 6.45) is 2.57. The molecule has 0 radical (unpaired) electrons. The molecule has 2 N–H and O–H groups in total. The summed E-state index contributed by atoms with van der Waals surface area (Å²) in [5.41, 5.74) is 6.24. The zero-order valence-corrected chi connectivity index (χ0v) is 10.5. The van der Waals surface area contributed by atoms with Gasteiger partial charge in [0.05, 0.1) is 6.26 Å². The Bertz CT molecular complexity index is 289. The second-order valence-corrected chi connectivity index (χ2v) is 6.63. The second-order valence-electron chi connectivity index (χ2n) is 3.86. The first-order valence-electron chi connectivity index (χ1n) is 5.28. The quantitative estimate of drug-likeness (QED) is 0.885. The molecule has 1 aliphatic heterocycles. The molecule has 0 saturated carbocycles. The van der Waals surface area contributed by atoms with Crippen molar-refractivity contribution in [1.29, 1.82) is 0 Å². The van der Waals surface area contributed by atoms with E-state index in [1.807, 2.05) is 35.7 Å². The molecule has 0 aliphatic carbocycles. The highest BCUT2D eigenvalue weighted by Gasteiger charge is 2.28. The third kappa shape index (κ3) is 2.95. The summed E-state index contributed by atoms with van der Waals surface area (Å²) in [4.78, 5) is 0. The maximum Gasteiger partial charge on any atom is 0.105 e. The zero-order valence-electron chi connectivity index (χ0n) is 8.89. The van der Waals surface area contributed by atoms with Gasteiger partial charge in [-0.3, -0.25) is 0 Å². The molecular formula is C11H17NOS2. The molecule has 0 amide bonds. The average molecular weight is 243 g/mol. The molecule has 1 aromatic rings. The van der Waals surface area contributed by atoms with Crippen molar-refractivity contribution >= 4 is 23.5 Å². The summed E-state index contributed by atoms with van der Waals surface area (Å²) in [7, 11) is 0. The van der Waals surface area contributed by atoms with Crippen molar-refractivity contribution in [2.45, 2.75) is 29.9 Å². The number of furan rings is 1. The van der Waals surface area contributed by atoms with E-state index in [4.69, 9.17) is 10.2 Å². The minimum Gasteiger partial charge on any atom is -0.469 e. The van der Waals surface area contributed by atoms with Crippen molar-refractivity contribution in [2.75, 3.05) is 11.5 Å². The van der Waals surface area contributed by atoms with Crippen LogP contribution in [0.3, 0.4) is 0 Å². The smallest absolute Gasteiger partial charge is 0.105 e. The van der Waals surface area contributed by atoms with Crippen LogP contribution in [0.2, 0.25) is 0 Å². The number of rotatable bonds is 3. The highest BCUT2D eigenvalue weighted by molar-refractivity contribution is 8.07. The maximum absolute atomic E-state index is 6.24. The average Bonchev–Trinajstić information content (AvgIpc) is 2.71. The summed E-state index contributed by atoms with van der Waals surface area (Å²) < 4.78 is 5.33. The standard InChI is InChI=1S/C11H17NOS2/c1-8-11(15-6-5-14-8)10(12)7-9-3-2-4-13-9/h2-4,8,10-11H,5-7,12H2,1H3. The molecule has 1 saturated heterocycles. The Morgan fingerprint density at radius 2 is 2.33 bits per heavy atom. The molecule has 0 bridgehead atoms. The summed E-state index contributed by atoms with van der Waals surface area (Å²) in [6, 6.07) is 4.14. The van der Waals surface area contributed by atoms with Gasteiger partial charge in [-0.05, 0) is 12.1 Å². The van der Waals surface area contributed by atoms with Crippen LogP contribution < -0.4 is 5.73 Å². The van der Waals surface area contributed by atoms with E-state index in [9.17, 15) is 0 Å². The van der Waals surface area contributed by atoms with Gasteiger partial charge in [-0.25, -0.2) is 0 Å². The van der Waals surface area contributed by atoms with Gasteiger partial charge < -0.3 is 10.2 Å². The van der Waals surface area contributed by atoms with E-state index < -0.39 is 0 Å². The fourth-order valence-electron chi connectivity index (χ4n) is 1.90. The predicted octanol–water partition coefficient (Wildman–Crippen LogP) is 2.39. The van der Waals surface area contributed by atoms with E-state index >= 15 is 0 Å². The van der Waals surface area contributed by atoms with Crippen LogP contribution in [-0.2, 0) is 6.42 Å². The first-order valence-corrected chi connectivity index (χ1v) is 7.38.